The van der Waals surface area contributed by atoms with Crippen LogP contribution in [0.2, 0.25) is 5.02 Å². The number of benzene rings is 2. The number of hydrogen-bond donors (Lipinski definition) is 1. The normalized spacial score (nSPS) is 11.8. The number of carbonyl (C=O) groups excluding carboxylic acids is 1. The van der Waals surface area contributed by atoms with Crippen LogP contribution >= 0.6 is 11.6 Å². The third kappa shape index (κ3) is 4.00. The number of nitrogens with one attached hydrogen (secondary N) is 1. The average molecular weight is 368 g/mol. The van der Waals surface area contributed by atoms with Crippen molar-refractivity contribution in [3.05, 3.63) is 82.1 Å². The van der Waals surface area contributed by atoms with Crippen LogP contribution in [0.25, 0.3) is 11.3 Å². The number of carbonyl (C=O) groups is 1. The van der Waals surface area contributed by atoms with E-state index in [2.05, 4.69) is 10.4 Å². The summed E-state index contributed by atoms with van der Waals surface area (Å²) >= 11 is 5.95. The summed E-state index contributed by atoms with van der Waals surface area (Å²) in [7, 11) is 0. The number of anilines is 1. The van der Waals surface area contributed by atoms with Crippen molar-refractivity contribution >= 4 is 23.2 Å². The van der Waals surface area contributed by atoms with Crippen molar-refractivity contribution in [2.24, 2.45) is 0 Å². The highest BCUT2D eigenvalue weighted by Gasteiger charge is 2.21. The molecule has 0 spiro atoms. The Balaban J connectivity index is 1.92. The highest BCUT2D eigenvalue weighted by atomic mass is 35.5. The molecule has 1 amide bonds. The number of hydrogen-bond acceptors (Lipinski definition) is 3. The molecule has 1 aromatic heterocycles. The van der Waals surface area contributed by atoms with E-state index in [-0.39, 0.29) is 11.5 Å². The van der Waals surface area contributed by atoms with E-state index in [4.69, 9.17) is 11.6 Å². The van der Waals surface area contributed by atoms with Gasteiger partial charge in [0.2, 0.25) is 5.91 Å². The zero-order valence-electron chi connectivity index (χ0n) is 14.2. The van der Waals surface area contributed by atoms with E-state index < -0.39 is 6.04 Å². The second-order valence-corrected chi connectivity index (χ2v) is 6.23. The predicted octanol–water partition coefficient (Wildman–Crippen LogP) is 4.15. The molecule has 2 aromatic carbocycles. The number of rotatable bonds is 5. The molecule has 26 heavy (non-hydrogen) atoms. The van der Waals surface area contributed by atoms with Crippen molar-refractivity contribution in [3.8, 4) is 11.3 Å². The summed E-state index contributed by atoms with van der Waals surface area (Å²) in [6.07, 6.45) is 0.428. The molecule has 6 heteroatoms. The van der Waals surface area contributed by atoms with Crippen molar-refractivity contribution < 1.29 is 4.79 Å². The molecular weight excluding hydrogens is 350 g/mol. The molecule has 0 aliphatic rings. The Hall–Kier alpha value is -2.92. The van der Waals surface area contributed by atoms with Gasteiger partial charge < -0.3 is 5.32 Å². The molecule has 0 radical (unpaired) electrons. The standard InChI is InChI=1S/C20H18ClN3O2/c1-2-18(20(26)22-16-10-6-9-15(21)13-16)24-19(25)12-11-17(23-24)14-7-4-3-5-8-14/h3-13,18H,2H2,1H3,(H,22,26)/t18-/m0/s1. The first-order valence-corrected chi connectivity index (χ1v) is 8.68. The Bertz CT molecular complexity index is 970. The maximum Gasteiger partial charge on any atom is 0.267 e. The molecule has 0 aliphatic carbocycles. The van der Waals surface area contributed by atoms with E-state index in [0.29, 0.717) is 22.8 Å². The van der Waals surface area contributed by atoms with Crippen LogP contribution in [0, 0.1) is 0 Å². The van der Waals surface area contributed by atoms with Crippen molar-refractivity contribution in [3.63, 3.8) is 0 Å². The number of aromatic nitrogens is 2. The Kier molecular flexibility index (Phi) is 5.49. The predicted molar refractivity (Wildman–Crippen MR) is 103 cm³/mol. The van der Waals surface area contributed by atoms with Gasteiger partial charge in [0.15, 0.2) is 0 Å². The van der Waals surface area contributed by atoms with Gasteiger partial charge in [-0.3, -0.25) is 9.59 Å². The van der Waals surface area contributed by atoms with Gasteiger partial charge in [-0.05, 0) is 30.7 Å². The average Bonchev–Trinajstić information content (AvgIpc) is 2.64. The molecule has 132 valence electrons. The molecule has 0 saturated carbocycles. The van der Waals surface area contributed by atoms with Gasteiger partial charge >= 0.3 is 0 Å². The first kappa shape index (κ1) is 17.9. The Morgan fingerprint density at radius 1 is 1.12 bits per heavy atom. The fraction of sp³-hybridized carbons (Fsp3) is 0.150. The molecule has 5 nitrogen and oxygen atoms in total. The molecule has 0 fully saturated rings. The van der Waals surface area contributed by atoms with Crippen LogP contribution in [-0.2, 0) is 4.79 Å². The fourth-order valence-corrected chi connectivity index (χ4v) is 2.86. The summed E-state index contributed by atoms with van der Waals surface area (Å²) in [5, 5.41) is 7.73. The Morgan fingerprint density at radius 2 is 1.88 bits per heavy atom. The first-order valence-electron chi connectivity index (χ1n) is 8.30. The highest BCUT2D eigenvalue weighted by Crippen LogP contribution is 2.19. The summed E-state index contributed by atoms with van der Waals surface area (Å²) < 4.78 is 1.24. The lowest BCUT2D eigenvalue weighted by Crippen LogP contribution is -2.34. The lowest BCUT2D eigenvalue weighted by Gasteiger charge is -2.17. The Morgan fingerprint density at radius 3 is 2.58 bits per heavy atom. The van der Waals surface area contributed by atoms with E-state index >= 15 is 0 Å². The topological polar surface area (TPSA) is 64.0 Å². The van der Waals surface area contributed by atoms with Crippen LogP contribution in [0.5, 0.6) is 0 Å². The summed E-state index contributed by atoms with van der Waals surface area (Å²) in [6, 6.07) is 18.8. The van der Waals surface area contributed by atoms with Crippen molar-refractivity contribution in [1.82, 2.24) is 9.78 Å². The number of amides is 1. The van der Waals surface area contributed by atoms with E-state index in [0.717, 1.165) is 5.56 Å². The molecule has 1 atom stereocenters. The lowest BCUT2D eigenvalue weighted by atomic mass is 10.1. The van der Waals surface area contributed by atoms with Crippen LogP contribution in [0.4, 0.5) is 5.69 Å². The zero-order valence-corrected chi connectivity index (χ0v) is 15.0. The summed E-state index contributed by atoms with van der Waals surface area (Å²) in [5.74, 6) is -0.311. The minimum atomic E-state index is -0.717. The summed E-state index contributed by atoms with van der Waals surface area (Å²) in [6.45, 7) is 1.84. The van der Waals surface area contributed by atoms with Gasteiger partial charge in [0, 0.05) is 22.3 Å². The summed E-state index contributed by atoms with van der Waals surface area (Å²) in [4.78, 5) is 25.0. The van der Waals surface area contributed by atoms with Crippen LogP contribution in [0.15, 0.2) is 71.5 Å². The SMILES string of the molecule is CC[C@@H](C(=O)Nc1cccc(Cl)c1)n1nc(-c2ccccc2)ccc1=O. The second kappa shape index (κ2) is 7.97. The minimum Gasteiger partial charge on any atom is -0.324 e. The van der Waals surface area contributed by atoms with Crippen molar-refractivity contribution in [2.75, 3.05) is 5.32 Å². The third-order valence-corrected chi connectivity index (χ3v) is 4.21. The van der Waals surface area contributed by atoms with Crippen LogP contribution in [-0.4, -0.2) is 15.7 Å². The zero-order chi connectivity index (χ0) is 18.5. The molecule has 0 saturated heterocycles. The third-order valence-electron chi connectivity index (χ3n) is 3.97. The largest absolute Gasteiger partial charge is 0.324 e. The summed E-state index contributed by atoms with van der Waals surface area (Å²) in [5.41, 5.74) is 1.77. The van der Waals surface area contributed by atoms with Crippen LogP contribution in [0.1, 0.15) is 19.4 Å². The lowest BCUT2D eigenvalue weighted by molar-refractivity contribution is -0.119. The van der Waals surface area contributed by atoms with E-state index in [1.807, 2.05) is 37.3 Å². The molecule has 0 unspecified atom stereocenters. The van der Waals surface area contributed by atoms with Gasteiger partial charge in [-0.1, -0.05) is 54.9 Å². The second-order valence-electron chi connectivity index (χ2n) is 5.79. The maximum atomic E-state index is 12.7. The molecule has 3 rings (SSSR count). The van der Waals surface area contributed by atoms with Gasteiger partial charge in [0.05, 0.1) is 5.69 Å². The van der Waals surface area contributed by atoms with E-state index in [1.165, 1.54) is 10.7 Å². The minimum absolute atomic E-state index is 0.311. The monoisotopic (exact) mass is 367 g/mol. The van der Waals surface area contributed by atoms with Crippen molar-refractivity contribution in [1.29, 1.82) is 0 Å². The number of halogens is 1. The van der Waals surface area contributed by atoms with Gasteiger partial charge in [0.25, 0.3) is 5.56 Å². The first-order chi connectivity index (χ1) is 12.6. The smallest absolute Gasteiger partial charge is 0.267 e. The molecule has 3 aromatic rings. The molecule has 1 heterocycles. The van der Waals surface area contributed by atoms with Crippen molar-refractivity contribution in [2.45, 2.75) is 19.4 Å². The number of nitrogens with zero attached hydrogens (tertiary/aromatic N) is 2. The van der Waals surface area contributed by atoms with Crippen LogP contribution < -0.4 is 10.9 Å². The molecule has 0 aliphatic heterocycles. The Labute approximate surface area is 156 Å². The van der Waals surface area contributed by atoms with Gasteiger partial charge in [-0.15, -0.1) is 0 Å². The van der Waals surface area contributed by atoms with Crippen LogP contribution in [0.3, 0.4) is 0 Å². The van der Waals surface area contributed by atoms with Gasteiger partial charge in [-0.2, -0.15) is 5.10 Å². The molecule has 1 N–H and O–H groups in total. The maximum absolute atomic E-state index is 12.7. The van der Waals surface area contributed by atoms with E-state index in [1.54, 1.807) is 30.3 Å². The highest BCUT2D eigenvalue weighted by molar-refractivity contribution is 6.30. The van der Waals surface area contributed by atoms with E-state index in [9.17, 15) is 9.59 Å². The fourth-order valence-electron chi connectivity index (χ4n) is 2.67. The molecular formula is C20H18ClN3O2. The quantitative estimate of drug-likeness (QED) is 0.736. The van der Waals surface area contributed by atoms with Gasteiger partial charge in [-0.25, -0.2) is 4.68 Å². The van der Waals surface area contributed by atoms with Gasteiger partial charge in [0.1, 0.15) is 6.04 Å². The molecule has 0 bridgehead atoms.